The number of benzene rings is 4. The molecule has 68 heavy (non-hydrogen) atoms. The molecule has 362 valence electrons. The number of allylic oxidation sites excluding steroid dienone is 8. The molecule has 4 aromatic carbocycles. The molecule has 18 nitrogen and oxygen atoms in total. The summed E-state index contributed by atoms with van der Waals surface area (Å²) in [5, 5.41) is 11.1. The highest BCUT2D eigenvalue weighted by molar-refractivity contribution is 7.87. The van der Waals surface area contributed by atoms with Crippen LogP contribution in [0.1, 0.15) is 72.4 Å². The number of hydrogen-bond donors (Lipinski definition) is 5. The van der Waals surface area contributed by atoms with Crippen molar-refractivity contribution < 1.29 is 75.9 Å². The Morgan fingerprint density at radius 2 is 1.24 bits per heavy atom. The number of ether oxygens (including phenoxy) is 1. The summed E-state index contributed by atoms with van der Waals surface area (Å²) in [5.41, 5.74) is -0.0915. The van der Waals surface area contributed by atoms with Crippen molar-refractivity contribution in [1.29, 1.82) is 0 Å². The van der Waals surface area contributed by atoms with Gasteiger partial charge in [0.25, 0.3) is 40.5 Å². The highest BCUT2D eigenvalue weighted by atomic mass is 32.2. The Morgan fingerprint density at radius 3 is 1.72 bits per heavy atom. The molecule has 0 saturated carbocycles. The van der Waals surface area contributed by atoms with Crippen molar-refractivity contribution in [3.63, 3.8) is 0 Å². The fourth-order valence-electron chi connectivity index (χ4n) is 10.0. The minimum absolute atomic E-state index is 0.00152. The lowest BCUT2D eigenvalue weighted by Gasteiger charge is -2.32. The maximum atomic E-state index is 13.8. The number of likely N-dealkylation sites (N-methyl/N-ethyl adjacent to an activating group) is 1. The average Bonchev–Trinajstić information content (AvgIpc) is 3.60. The van der Waals surface area contributed by atoms with Gasteiger partial charge in [0.05, 0.1) is 21.8 Å². The lowest BCUT2D eigenvalue weighted by Crippen LogP contribution is -2.42. The van der Waals surface area contributed by atoms with Crippen molar-refractivity contribution in [2.75, 3.05) is 24.6 Å². The van der Waals surface area contributed by atoms with E-state index >= 15 is 0 Å². The molecule has 0 spiro atoms. The minimum atomic E-state index is -4.99. The molecule has 0 bridgehead atoms. The van der Waals surface area contributed by atoms with Crippen molar-refractivity contribution in [1.82, 2.24) is 0 Å². The maximum absolute atomic E-state index is 13.8. The van der Waals surface area contributed by atoms with Gasteiger partial charge in [-0.1, -0.05) is 38.1 Å². The lowest BCUT2D eigenvalue weighted by molar-refractivity contribution is -0.433. The van der Waals surface area contributed by atoms with E-state index in [0.717, 1.165) is 12.1 Å². The van der Waals surface area contributed by atoms with Crippen LogP contribution in [0.2, 0.25) is 0 Å². The second kappa shape index (κ2) is 16.8. The predicted octanol–water partition coefficient (Wildman–Crippen LogP) is 6.91. The predicted molar refractivity (Wildman–Crippen MR) is 251 cm³/mol. The third-order valence-electron chi connectivity index (χ3n) is 12.9. The standard InChI is InChI=1S/C46H48N2O16S4/c1-8-47-34-15-13-30-32(20-28(65(52,53)54)22-36(30)67(58,59)60)40(34)44(4,5)38(47)17-11-26-19-27(25-46(24-26,42(49)50)43(51)64-10-3)12-18-39-45(6,7)41-33-21-29(66(55,56)57)23-37(68(61,62)63)31(33)14-16-35(41)48(39)9-2/h11-23H,8-10,24-25H2,1-7H3,(H4-,49,50,52,53,54,55,56,57,58,59,60,61,62,63)/p+1. The molecule has 0 aromatic heterocycles. The van der Waals surface area contributed by atoms with E-state index in [1.807, 2.05) is 23.3 Å². The lowest BCUT2D eigenvalue weighted by atomic mass is 9.71. The van der Waals surface area contributed by atoms with Gasteiger partial charge in [-0.05, 0) is 117 Å². The van der Waals surface area contributed by atoms with Gasteiger partial charge in [-0.3, -0.25) is 27.8 Å². The third kappa shape index (κ3) is 8.39. The number of carbonyl (C=O) groups is 2. The summed E-state index contributed by atoms with van der Waals surface area (Å²) >= 11 is 0. The molecule has 2 aliphatic heterocycles. The van der Waals surface area contributed by atoms with Crippen LogP contribution in [0.4, 0.5) is 11.4 Å². The monoisotopic (exact) mass is 1010 g/mol. The Morgan fingerprint density at radius 1 is 0.691 bits per heavy atom. The van der Waals surface area contributed by atoms with Crippen LogP contribution in [0.25, 0.3) is 21.5 Å². The second-order valence-corrected chi connectivity index (χ2v) is 23.4. The van der Waals surface area contributed by atoms with Crippen LogP contribution in [0.5, 0.6) is 0 Å². The Labute approximate surface area is 393 Å². The van der Waals surface area contributed by atoms with Gasteiger partial charge in [0, 0.05) is 51.8 Å². The van der Waals surface area contributed by atoms with Gasteiger partial charge in [0.15, 0.2) is 11.1 Å². The summed E-state index contributed by atoms with van der Waals surface area (Å²) in [4.78, 5) is 26.0. The number of aliphatic carboxylic acids is 1. The molecule has 0 fully saturated rings. The number of nitrogens with zero attached hydrogens (tertiary/aromatic N) is 2. The van der Waals surface area contributed by atoms with Gasteiger partial charge >= 0.3 is 11.9 Å². The highest BCUT2D eigenvalue weighted by Gasteiger charge is 2.51. The molecule has 0 saturated heterocycles. The molecular weight excluding hydrogens is 965 g/mol. The van der Waals surface area contributed by atoms with E-state index in [0.29, 0.717) is 70.3 Å². The van der Waals surface area contributed by atoms with Crippen LogP contribution in [0.3, 0.4) is 0 Å². The van der Waals surface area contributed by atoms with E-state index in [4.69, 9.17) is 4.74 Å². The zero-order valence-electron chi connectivity index (χ0n) is 37.8. The molecule has 22 heteroatoms. The van der Waals surface area contributed by atoms with E-state index in [2.05, 4.69) is 0 Å². The summed E-state index contributed by atoms with van der Waals surface area (Å²) in [6.45, 7) is 13.0. The molecule has 2 heterocycles. The normalized spacial score (nSPS) is 20.7. The van der Waals surface area contributed by atoms with Crippen LogP contribution in [0.15, 0.2) is 115 Å². The Bertz CT molecular complexity index is 3550. The number of hydrogen-bond acceptors (Lipinski definition) is 12. The second-order valence-electron chi connectivity index (χ2n) is 17.8. The number of esters is 1. The number of carbonyl (C=O) groups excluding carboxylic acids is 1. The summed E-state index contributed by atoms with van der Waals surface area (Å²) in [6.07, 6.45) is 7.87. The average molecular weight is 1010 g/mol. The van der Waals surface area contributed by atoms with Crippen molar-refractivity contribution in [3.8, 4) is 0 Å². The van der Waals surface area contributed by atoms with Crippen LogP contribution >= 0.6 is 0 Å². The van der Waals surface area contributed by atoms with E-state index < -0.39 is 88.2 Å². The maximum Gasteiger partial charge on any atom is 0.324 e. The number of rotatable bonds is 12. The first kappa shape index (κ1) is 50.3. The number of fused-ring (bicyclic) bond motifs is 6. The topological polar surface area (TPSA) is 287 Å². The largest absolute Gasteiger partial charge is 0.480 e. The zero-order valence-corrected chi connectivity index (χ0v) is 41.1. The quantitative estimate of drug-likeness (QED) is 0.0417. The van der Waals surface area contributed by atoms with Gasteiger partial charge in [-0.2, -0.15) is 38.2 Å². The SMILES string of the molecule is CCOC(=O)C1(C(=O)O)CC(/C=C/C2=[N+](CC)c3ccc4c(S(=O)(=O)O)cc(S(=O)(=O)O)cc4c3C2(C)C)=CC(=C/C=C2/N(CC)c3ccc4c(S(=O)(=O)O)cc(S(=O)(=O)O)cc4c3C2(C)C)/C1. The van der Waals surface area contributed by atoms with E-state index in [1.54, 1.807) is 77.1 Å². The Balaban J connectivity index is 1.39. The van der Waals surface area contributed by atoms with E-state index in [-0.39, 0.29) is 41.0 Å². The summed E-state index contributed by atoms with van der Waals surface area (Å²) < 4.78 is 147. The summed E-state index contributed by atoms with van der Waals surface area (Å²) in [6, 6.07) is 9.72. The minimum Gasteiger partial charge on any atom is -0.480 e. The first-order valence-electron chi connectivity index (χ1n) is 21.1. The smallest absolute Gasteiger partial charge is 0.324 e. The summed E-state index contributed by atoms with van der Waals surface area (Å²) in [7, 11) is -19.9. The first-order chi connectivity index (χ1) is 31.3. The van der Waals surface area contributed by atoms with Gasteiger partial charge in [0.1, 0.15) is 16.3 Å². The van der Waals surface area contributed by atoms with Gasteiger partial charge in [-0.15, -0.1) is 0 Å². The molecule has 3 aliphatic rings. The van der Waals surface area contributed by atoms with E-state index in [1.165, 1.54) is 12.1 Å². The molecular formula is C46H49N2O16S4+. The van der Waals surface area contributed by atoms with Gasteiger partial charge in [0.2, 0.25) is 5.69 Å². The Kier molecular flexibility index (Phi) is 12.4. The van der Waals surface area contributed by atoms with Crippen LogP contribution in [0, 0.1) is 5.41 Å². The fourth-order valence-corrected chi connectivity index (χ4v) is 12.7. The molecule has 7 rings (SSSR count). The zero-order chi connectivity index (χ0) is 50.5. The van der Waals surface area contributed by atoms with E-state index in [9.17, 15) is 66.6 Å². The molecule has 5 N–H and O–H groups in total. The first-order valence-corrected chi connectivity index (χ1v) is 26.9. The van der Waals surface area contributed by atoms with Crippen LogP contribution in [-0.4, -0.2) is 98.9 Å². The molecule has 0 amide bonds. The molecule has 0 radical (unpaired) electrons. The van der Waals surface area contributed by atoms with Crippen molar-refractivity contribution in [3.05, 3.63) is 107 Å². The number of carboxylic acids is 1. The van der Waals surface area contributed by atoms with Crippen LogP contribution in [-0.2, 0) is 65.6 Å². The molecule has 1 aliphatic carbocycles. The van der Waals surface area contributed by atoms with Gasteiger partial charge < -0.3 is 14.7 Å². The highest BCUT2D eigenvalue weighted by Crippen LogP contribution is 2.52. The Hall–Kier alpha value is -5.59. The molecule has 1 unspecified atom stereocenters. The third-order valence-corrected chi connectivity index (χ3v) is 16.4. The number of carboxylic acid groups (broad SMARTS) is 1. The van der Waals surface area contributed by atoms with Crippen molar-refractivity contribution >= 4 is 91.0 Å². The fraction of sp³-hybridized carbons (Fsp3) is 0.326. The molecule has 1 atom stereocenters. The van der Waals surface area contributed by atoms with Crippen molar-refractivity contribution in [2.24, 2.45) is 5.41 Å². The van der Waals surface area contributed by atoms with Crippen LogP contribution < -0.4 is 4.90 Å². The summed E-state index contributed by atoms with van der Waals surface area (Å²) in [5.74, 6) is -2.42. The molecule has 4 aromatic rings. The van der Waals surface area contributed by atoms with Gasteiger partial charge in [-0.25, -0.2) is 0 Å². The van der Waals surface area contributed by atoms with Crippen molar-refractivity contribution in [2.45, 2.75) is 91.7 Å². The number of anilines is 1.